The Kier molecular flexibility index (Phi) is 6.49. The molecule has 7 heteroatoms. The zero-order valence-electron chi connectivity index (χ0n) is 12.9. The molecule has 1 aromatic rings. The minimum atomic E-state index is -0.459. The number of carbonyl (C=O) groups excluding carboxylic acids is 2. The third-order valence-electron chi connectivity index (χ3n) is 3.74. The van der Waals surface area contributed by atoms with Gasteiger partial charge < -0.3 is 16.0 Å². The molecule has 0 saturated carbocycles. The van der Waals surface area contributed by atoms with Crippen LogP contribution < -0.4 is 21.3 Å². The number of carbonyl (C=O) groups is 2. The summed E-state index contributed by atoms with van der Waals surface area (Å²) in [5.41, 5.74) is 8.84. The first-order valence-electron chi connectivity index (χ1n) is 7.27. The summed E-state index contributed by atoms with van der Waals surface area (Å²) in [6, 6.07) is 4.86. The van der Waals surface area contributed by atoms with Gasteiger partial charge in [-0.2, -0.15) is 0 Å². The van der Waals surface area contributed by atoms with E-state index in [2.05, 4.69) is 10.6 Å². The molecule has 1 atom stereocenters. The second-order valence-corrected chi connectivity index (χ2v) is 5.17. The lowest BCUT2D eigenvalue weighted by atomic mass is 9.98. The molecule has 0 bridgehead atoms. The van der Waals surface area contributed by atoms with E-state index in [1.54, 1.807) is 13.8 Å². The van der Waals surface area contributed by atoms with Crippen molar-refractivity contribution >= 4 is 35.7 Å². The van der Waals surface area contributed by atoms with E-state index in [0.29, 0.717) is 6.54 Å². The summed E-state index contributed by atoms with van der Waals surface area (Å²) in [5.74, 6) is -0.309. The van der Waals surface area contributed by atoms with Gasteiger partial charge >= 0.3 is 6.03 Å². The molecular formula is C15H23ClN4O2. The Bertz CT molecular complexity index is 550. The van der Waals surface area contributed by atoms with Crippen LogP contribution in [0.5, 0.6) is 0 Å². The number of nitrogens with one attached hydrogen (secondary N) is 2. The number of hydrogen-bond acceptors (Lipinski definition) is 4. The van der Waals surface area contributed by atoms with Crippen LogP contribution in [0.2, 0.25) is 0 Å². The lowest BCUT2D eigenvalue weighted by Gasteiger charge is -2.35. The number of fused-ring (bicyclic) bond motifs is 1. The maximum atomic E-state index is 12.2. The third-order valence-corrected chi connectivity index (χ3v) is 3.74. The van der Waals surface area contributed by atoms with Crippen molar-refractivity contribution in [2.75, 3.05) is 23.7 Å². The molecule has 1 unspecified atom stereocenters. The summed E-state index contributed by atoms with van der Waals surface area (Å²) in [6.07, 6.45) is 1.86. The molecule has 0 aromatic heterocycles. The summed E-state index contributed by atoms with van der Waals surface area (Å²) >= 11 is 0. The zero-order chi connectivity index (χ0) is 15.4. The summed E-state index contributed by atoms with van der Waals surface area (Å²) in [7, 11) is 0. The molecule has 0 radical (unpaired) electrons. The number of imide groups is 1. The van der Waals surface area contributed by atoms with Crippen LogP contribution >= 0.6 is 12.4 Å². The molecule has 0 fully saturated rings. The molecule has 2 rings (SSSR count). The maximum Gasteiger partial charge on any atom is 0.321 e. The van der Waals surface area contributed by atoms with Crippen LogP contribution in [0.25, 0.3) is 0 Å². The summed E-state index contributed by atoms with van der Waals surface area (Å²) in [5, 5.41) is 4.91. The van der Waals surface area contributed by atoms with E-state index in [-0.39, 0.29) is 18.3 Å². The molecule has 122 valence electrons. The third kappa shape index (κ3) is 3.82. The summed E-state index contributed by atoms with van der Waals surface area (Å²) in [6.45, 7) is 4.86. The lowest BCUT2D eigenvalue weighted by Crippen LogP contribution is -2.51. The molecular weight excluding hydrogens is 304 g/mol. The molecule has 22 heavy (non-hydrogen) atoms. The Morgan fingerprint density at radius 1 is 1.41 bits per heavy atom. The number of anilines is 2. The second-order valence-electron chi connectivity index (χ2n) is 5.17. The average Bonchev–Trinajstić information content (AvgIpc) is 2.46. The number of benzene rings is 1. The van der Waals surface area contributed by atoms with E-state index in [4.69, 9.17) is 5.73 Å². The van der Waals surface area contributed by atoms with Gasteiger partial charge in [0.25, 0.3) is 0 Å². The predicted octanol–water partition coefficient (Wildman–Crippen LogP) is 1.68. The van der Waals surface area contributed by atoms with E-state index in [9.17, 15) is 9.59 Å². The van der Waals surface area contributed by atoms with E-state index in [1.165, 1.54) is 0 Å². The standard InChI is InChI=1S/C15H22N4O2.ClH/c1-3-17-15(21)18-14(20)10(2)19-9-5-6-11-12(16)7-4-8-13(11)19;/h4,7-8,10H,3,5-6,9,16H2,1-2H3,(H2,17,18,20,21);1H. The van der Waals surface area contributed by atoms with Crippen LogP contribution in [-0.4, -0.2) is 31.1 Å². The molecule has 0 aliphatic carbocycles. The van der Waals surface area contributed by atoms with Gasteiger partial charge in [0.1, 0.15) is 6.04 Å². The first-order chi connectivity index (χ1) is 10.0. The molecule has 4 N–H and O–H groups in total. The van der Waals surface area contributed by atoms with Crippen LogP contribution in [0.15, 0.2) is 18.2 Å². The first kappa shape index (κ1) is 18.1. The zero-order valence-corrected chi connectivity index (χ0v) is 13.7. The van der Waals surface area contributed by atoms with Crippen molar-refractivity contribution < 1.29 is 9.59 Å². The van der Waals surface area contributed by atoms with Crippen molar-refractivity contribution in [1.29, 1.82) is 0 Å². The quantitative estimate of drug-likeness (QED) is 0.737. The lowest BCUT2D eigenvalue weighted by molar-refractivity contribution is -0.121. The van der Waals surface area contributed by atoms with Crippen molar-refractivity contribution in [3.8, 4) is 0 Å². The number of rotatable bonds is 3. The van der Waals surface area contributed by atoms with E-state index < -0.39 is 12.1 Å². The molecule has 1 heterocycles. The van der Waals surface area contributed by atoms with Crippen molar-refractivity contribution in [2.45, 2.75) is 32.7 Å². The first-order valence-corrected chi connectivity index (χ1v) is 7.27. The fraction of sp³-hybridized carbons (Fsp3) is 0.467. The monoisotopic (exact) mass is 326 g/mol. The highest BCUT2D eigenvalue weighted by molar-refractivity contribution is 5.98. The number of urea groups is 1. The van der Waals surface area contributed by atoms with E-state index >= 15 is 0 Å². The van der Waals surface area contributed by atoms with Crippen molar-refractivity contribution in [3.05, 3.63) is 23.8 Å². The van der Waals surface area contributed by atoms with Gasteiger partial charge in [-0.25, -0.2) is 4.79 Å². The normalized spacial score (nSPS) is 14.4. The van der Waals surface area contributed by atoms with Crippen LogP contribution in [0.1, 0.15) is 25.8 Å². The van der Waals surface area contributed by atoms with Gasteiger partial charge in [-0.05, 0) is 44.4 Å². The Balaban J connectivity index is 0.00000242. The van der Waals surface area contributed by atoms with Gasteiger partial charge in [0.15, 0.2) is 0 Å². The fourth-order valence-electron chi connectivity index (χ4n) is 2.65. The highest BCUT2D eigenvalue weighted by atomic mass is 35.5. The number of amides is 3. The number of hydrogen-bond donors (Lipinski definition) is 3. The largest absolute Gasteiger partial charge is 0.398 e. The van der Waals surface area contributed by atoms with Gasteiger partial charge in [0.2, 0.25) is 5.91 Å². The van der Waals surface area contributed by atoms with Gasteiger partial charge in [-0.1, -0.05) is 6.07 Å². The molecule has 0 spiro atoms. The Labute approximate surface area is 136 Å². The number of nitrogens with two attached hydrogens (primary N) is 1. The van der Waals surface area contributed by atoms with Gasteiger partial charge in [-0.3, -0.25) is 10.1 Å². The molecule has 1 aromatic carbocycles. The van der Waals surface area contributed by atoms with Crippen molar-refractivity contribution in [2.24, 2.45) is 0 Å². The molecule has 0 saturated heterocycles. The smallest absolute Gasteiger partial charge is 0.321 e. The minimum absolute atomic E-state index is 0. The van der Waals surface area contributed by atoms with Crippen LogP contribution in [0.4, 0.5) is 16.2 Å². The maximum absolute atomic E-state index is 12.2. The highest BCUT2D eigenvalue weighted by Crippen LogP contribution is 2.32. The van der Waals surface area contributed by atoms with Crippen LogP contribution in [0, 0.1) is 0 Å². The van der Waals surface area contributed by atoms with Gasteiger partial charge in [-0.15, -0.1) is 12.4 Å². The average molecular weight is 327 g/mol. The molecule has 1 aliphatic heterocycles. The number of nitrogens with zero attached hydrogens (tertiary/aromatic N) is 1. The Hall–Kier alpha value is -1.95. The number of nitrogen functional groups attached to an aromatic ring is 1. The van der Waals surface area contributed by atoms with Crippen LogP contribution in [-0.2, 0) is 11.2 Å². The van der Waals surface area contributed by atoms with Gasteiger partial charge in [0, 0.05) is 24.5 Å². The molecule has 6 nitrogen and oxygen atoms in total. The Morgan fingerprint density at radius 2 is 2.14 bits per heavy atom. The highest BCUT2D eigenvalue weighted by Gasteiger charge is 2.27. The molecule has 1 aliphatic rings. The second kappa shape index (κ2) is 7.89. The topological polar surface area (TPSA) is 87.5 Å². The van der Waals surface area contributed by atoms with Crippen molar-refractivity contribution in [3.63, 3.8) is 0 Å². The predicted molar refractivity (Wildman–Crippen MR) is 90.4 cm³/mol. The van der Waals surface area contributed by atoms with Crippen molar-refractivity contribution in [1.82, 2.24) is 10.6 Å². The summed E-state index contributed by atoms with van der Waals surface area (Å²) in [4.78, 5) is 25.6. The fourth-order valence-corrected chi connectivity index (χ4v) is 2.65. The number of halogens is 1. The molecule has 3 amide bonds. The van der Waals surface area contributed by atoms with E-state index in [1.807, 2.05) is 23.1 Å². The van der Waals surface area contributed by atoms with Gasteiger partial charge in [0.05, 0.1) is 0 Å². The van der Waals surface area contributed by atoms with E-state index in [0.717, 1.165) is 36.3 Å². The summed E-state index contributed by atoms with van der Waals surface area (Å²) < 4.78 is 0. The SMILES string of the molecule is CCNC(=O)NC(=O)C(C)N1CCCc2c(N)cccc21.Cl. The Morgan fingerprint density at radius 3 is 2.82 bits per heavy atom. The minimum Gasteiger partial charge on any atom is -0.398 e. The van der Waals surface area contributed by atoms with Crippen LogP contribution in [0.3, 0.4) is 0 Å².